The zero-order valence-electron chi connectivity index (χ0n) is 12.1. The Morgan fingerprint density at radius 3 is 2.71 bits per heavy atom. The standard InChI is InChI=1S/C14H19N3O4/c1-10-9-12(15-21-10)13(18)16-6-3-11(4-7-16)17-5-2-8-20-14(17)19/h9,11H,2-8H2,1H3. The van der Waals surface area contributed by atoms with Crippen molar-refractivity contribution in [1.29, 1.82) is 0 Å². The van der Waals surface area contributed by atoms with Gasteiger partial charge in [-0.05, 0) is 26.2 Å². The molecule has 1 aromatic rings. The Morgan fingerprint density at radius 1 is 1.33 bits per heavy atom. The maximum atomic E-state index is 12.3. The van der Waals surface area contributed by atoms with Crippen LogP contribution in [0, 0.1) is 6.92 Å². The van der Waals surface area contributed by atoms with Crippen LogP contribution in [0.1, 0.15) is 35.5 Å². The SMILES string of the molecule is Cc1cc(C(=O)N2CCC(N3CCCOC3=O)CC2)no1. The highest BCUT2D eigenvalue weighted by atomic mass is 16.6. The smallest absolute Gasteiger partial charge is 0.410 e. The second-order valence-electron chi connectivity index (χ2n) is 5.51. The van der Waals surface area contributed by atoms with E-state index in [4.69, 9.17) is 9.26 Å². The summed E-state index contributed by atoms with van der Waals surface area (Å²) >= 11 is 0. The molecule has 0 N–H and O–H groups in total. The van der Waals surface area contributed by atoms with Crippen LogP contribution in [-0.4, -0.2) is 59.2 Å². The molecule has 0 saturated carbocycles. The highest BCUT2D eigenvalue weighted by Crippen LogP contribution is 2.21. The predicted octanol–water partition coefficient (Wildman–Crippen LogP) is 1.43. The van der Waals surface area contributed by atoms with E-state index in [-0.39, 0.29) is 18.0 Å². The maximum absolute atomic E-state index is 12.3. The molecule has 2 aliphatic heterocycles. The summed E-state index contributed by atoms with van der Waals surface area (Å²) in [6, 6.07) is 1.82. The number of rotatable bonds is 2. The highest BCUT2D eigenvalue weighted by Gasteiger charge is 2.32. The molecule has 2 aliphatic rings. The van der Waals surface area contributed by atoms with Crippen molar-refractivity contribution in [3.8, 4) is 0 Å². The van der Waals surface area contributed by atoms with Crippen molar-refractivity contribution in [2.75, 3.05) is 26.2 Å². The number of carbonyl (C=O) groups is 2. The van der Waals surface area contributed by atoms with Crippen LogP contribution in [0.5, 0.6) is 0 Å². The third kappa shape index (κ3) is 2.86. The fraction of sp³-hybridized carbons (Fsp3) is 0.643. The first-order valence-corrected chi connectivity index (χ1v) is 7.31. The fourth-order valence-corrected chi connectivity index (χ4v) is 2.91. The van der Waals surface area contributed by atoms with E-state index in [1.165, 1.54) is 0 Å². The van der Waals surface area contributed by atoms with E-state index in [0.717, 1.165) is 25.8 Å². The van der Waals surface area contributed by atoms with Crippen molar-refractivity contribution in [2.45, 2.75) is 32.2 Å². The van der Waals surface area contributed by atoms with Crippen LogP contribution < -0.4 is 0 Å². The lowest BCUT2D eigenvalue weighted by Crippen LogP contribution is -2.50. The first-order chi connectivity index (χ1) is 10.1. The summed E-state index contributed by atoms with van der Waals surface area (Å²) in [4.78, 5) is 27.6. The van der Waals surface area contributed by atoms with Gasteiger partial charge in [0.2, 0.25) is 0 Å². The second-order valence-corrected chi connectivity index (χ2v) is 5.51. The molecule has 0 atom stereocenters. The largest absolute Gasteiger partial charge is 0.449 e. The van der Waals surface area contributed by atoms with E-state index in [1.54, 1.807) is 22.8 Å². The number of amides is 2. The Balaban J connectivity index is 1.57. The van der Waals surface area contributed by atoms with E-state index in [0.29, 0.717) is 31.2 Å². The summed E-state index contributed by atoms with van der Waals surface area (Å²) < 4.78 is 10.0. The number of hydrogen-bond donors (Lipinski definition) is 0. The van der Waals surface area contributed by atoms with Crippen LogP contribution in [-0.2, 0) is 4.74 Å². The van der Waals surface area contributed by atoms with Gasteiger partial charge in [0, 0.05) is 31.7 Å². The number of cyclic esters (lactones) is 1. The minimum atomic E-state index is -0.224. The third-order valence-electron chi connectivity index (χ3n) is 4.04. The number of carbonyl (C=O) groups excluding carboxylic acids is 2. The lowest BCUT2D eigenvalue weighted by atomic mass is 10.0. The van der Waals surface area contributed by atoms with Gasteiger partial charge in [0.1, 0.15) is 5.76 Å². The van der Waals surface area contributed by atoms with Crippen LogP contribution >= 0.6 is 0 Å². The fourth-order valence-electron chi connectivity index (χ4n) is 2.91. The highest BCUT2D eigenvalue weighted by molar-refractivity contribution is 5.92. The second kappa shape index (κ2) is 5.75. The van der Waals surface area contributed by atoms with Crippen molar-refractivity contribution in [1.82, 2.24) is 15.0 Å². The predicted molar refractivity (Wildman–Crippen MR) is 72.8 cm³/mol. The summed E-state index contributed by atoms with van der Waals surface area (Å²) in [6.07, 6.45) is 2.21. The molecule has 7 nitrogen and oxygen atoms in total. The summed E-state index contributed by atoms with van der Waals surface area (Å²) in [5, 5.41) is 3.76. The van der Waals surface area contributed by atoms with Gasteiger partial charge < -0.3 is 19.1 Å². The van der Waals surface area contributed by atoms with E-state index >= 15 is 0 Å². The van der Waals surface area contributed by atoms with E-state index in [9.17, 15) is 9.59 Å². The van der Waals surface area contributed by atoms with Crippen molar-refractivity contribution in [2.24, 2.45) is 0 Å². The van der Waals surface area contributed by atoms with Crippen molar-refractivity contribution < 1.29 is 18.8 Å². The molecular weight excluding hydrogens is 274 g/mol. The number of piperidine rings is 1. The maximum Gasteiger partial charge on any atom is 0.410 e. The normalized spacial score (nSPS) is 20.5. The average Bonchev–Trinajstić information content (AvgIpc) is 2.94. The molecule has 1 aromatic heterocycles. The summed E-state index contributed by atoms with van der Waals surface area (Å²) in [5.41, 5.74) is 0.350. The summed E-state index contributed by atoms with van der Waals surface area (Å²) in [7, 11) is 0. The molecular formula is C14H19N3O4. The van der Waals surface area contributed by atoms with Crippen LogP contribution in [0.2, 0.25) is 0 Å². The van der Waals surface area contributed by atoms with Crippen LogP contribution in [0.15, 0.2) is 10.6 Å². The quantitative estimate of drug-likeness (QED) is 0.824. The Kier molecular flexibility index (Phi) is 3.81. The lowest BCUT2D eigenvalue weighted by Gasteiger charge is -2.39. The van der Waals surface area contributed by atoms with Crippen LogP contribution in [0.4, 0.5) is 4.79 Å². The molecule has 0 bridgehead atoms. The van der Waals surface area contributed by atoms with Gasteiger partial charge in [-0.2, -0.15) is 0 Å². The molecule has 0 unspecified atom stereocenters. The number of likely N-dealkylation sites (tertiary alicyclic amines) is 1. The Hall–Kier alpha value is -2.05. The first-order valence-electron chi connectivity index (χ1n) is 7.31. The van der Waals surface area contributed by atoms with Gasteiger partial charge in [-0.1, -0.05) is 5.16 Å². The van der Waals surface area contributed by atoms with Gasteiger partial charge in [0.05, 0.1) is 6.61 Å². The summed E-state index contributed by atoms with van der Waals surface area (Å²) in [5.74, 6) is 0.524. The molecule has 21 heavy (non-hydrogen) atoms. The Morgan fingerprint density at radius 2 is 2.10 bits per heavy atom. The minimum absolute atomic E-state index is 0.105. The first kappa shape index (κ1) is 13.9. The third-order valence-corrected chi connectivity index (χ3v) is 4.04. The molecule has 114 valence electrons. The van der Waals surface area contributed by atoms with Crippen LogP contribution in [0.25, 0.3) is 0 Å². The van der Waals surface area contributed by atoms with Gasteiger partial charge >= 0.3 is 6.09 Å². The lowest BCUT2D eigenvalue weighted by molar-refractivity contribution is 0.0354. The van der Waals surface area contributed by atoms with Gasteiger partial charge in [0.15, 0.2) is 5.69 Å². The van der Waals surface area contributed by atoms with E-state index in [1.807, 2.05) is 0 Å². The van der Waals surface area contributed by atoms with Crippen molar-refractivity contribution in [3.63, 3.8) is 0 Å². The van der Waals surface area contributed by atoms with Gasteiger partial charge in [0.25, 0.3) is 5.91 Å². The molecule has 0 radical (unpaired) electrons. The number of aryl methyl sites for hydroxylation is 1. The monoisotopic (exact) mass is 293 g/mol. The Bertz CT molecular complexity index is 534. The molecule has 3 rings (SSSR count). The topological polar surface area (TPSA) is 75.9 Å². The van der Waals surface area contributed by atoms with Gasteiger partial charge in [-0.15, -0.1) is 0 Å². The van der Waals surface area contributed by atoms with Gasteiger partial charge in [-0.25, -0.2) is 4.79 Å². The minimum Gasteiger partial charge on any atom is -0.449 e. The molecule has 0 spiro atoms. The molecule has 2 amide bonds. The van der Waals surface area contributed by atoms with Crippen molar-refractivity contribution in [3.05, 3.63) is 17.5 Å². The molecule has 0 aliphatic carbocycles. The van der Waals surface area contributed by atoms with Gasteiger partial charge in [-0.3, -0.25) is 4.79 Å². The number of aromatic nitrogens is 1. The molecule has 2 saturated heterocycles. The van der Waals surface area contributed by atoms with E-state index in [2.05, 4.69) is 5.16 Å². The summed E-state index contributed by atoms with van der Waals surface area (Å²) in [6.45, 7) is 4.27. The molecule has 3 heterocycles. The zero-order chi connectivity index (χ0) is 14.8. The van der Waals surface area contributed by atoms with Crippen molar-refractivity contribution >= 4 is 12.0 Å². The molecule has 2 fully saturated rings. The zero-order valence-corrected chi connectivity index (χ0v) is 12.1. The average molecular weight is 293 g/mol. The molecule has 0 aromatic carbocycles. The number of hydrogen-bond acceptors (Lipinski definition) is 5. The van der Waals surface area contributed by atoms with E-state index < -0.39 is 0 Å². The number of ether oxygens (including phenoxy) is 1. The van der Waals surface area contributed by atoms with Crippen LogP contribution in [0.3, 0.4) is 0 Å². The Labute approximate surface area is 122 Å². The number of nitrogens with zero attached hydrogens (tertiary/aromatic N) is 3. The molecule has 7 heteroatoms.